The Hall–Kier alpha value is -1.47. The van der Waals surface area contributed by atoms with E-state index in [1.54, 1.807) is 6.92 Å². The Labute approximate surface area is 120 Å². The predicted octanol–water partition coefficient (Wildman–Crippen LogP) is 2.18. The minimum Gasteiger partial charge on any atom is -0.481 e. The van der Waals surface area contributed by atoms with Gasteiger partial charge in [0.15, 0.2) is 0 Å². The molecule has 2 saturated heterocycles. The fourth-order valence-corrected chi connectivity index (χ4v) is 3.14. The van der Waals surface area contributed by atoms with Crippen LogP contribution >= 0.6 is 0 Å². The minimum absolute atomic E-state index is 0.0422. The summed E-state index contributed by atoms with van der Waals surface area (Å²) in [5, 5.41) is 9.04. The zero-order chi connectivity index (χ0) is 15.8. The highest BCUT2D eigenvalue weighted by Crippen LogP contribution is 2.34. The van der Waals surface area contributed by atoms with Gasteiger partial charge in [-0.15, -0.1) is 0 Å². The minimum atomic E-state index is -4.29. The van der Waals surface area contributed by atoms with Crippen LogP contribution in [-0.4, -0.2) is 58.8 Å². The molecule has 0 bridgehead atoms. The number of carboxylic acids is 1. The molecular formula is C13H19F3N2O3. The van der Waals surface area contributed by atoms with Crippen LogP contribution < -0.4 is 0 Å². The third-order valence-corrected chi connectivity index (χ3v) is 4.47. The first-order valence-corrected chi connectivity index (χ1v) is 7.07. The van der Waals surface area contributed by atoms with Crippen molar-refractivity contribution < 1.29 is 27.9 Å². The van der Waals surface area contributed by atoms with E-state index < -0.39 is 36.1 Å². The summed E-state index contributed by atoms with van der Waals surface area (Å²) in [6.45, 7) is 1.88. The second-order valence-electron chi connectivity index (χ2n) is 5.78. The Bertz CT molecular complexity index is 427. The van der Waals surface area contributed by atoms with Gasteiger partial charge in [-0.05, 0) is 26.2 Å². The Morgan fingerprint density at radius 2 is 1.86 bits per heavy atom. The number of hydrogen-bond acceptors (Lipinski definition) is 2. The van der Waals surface area contributed by atoms with Crippen molar-refractivity contribution in [2.75, 3.05) is 19.6 Å². The molecule has 1 N–H and O–H groups in total. The van der Waals surface area contributed by atoms with Crippen molar-refractivity contribution >= 4 is 12.0 Å². The van der Waals surface area contributed by atoms with Crippen molar-refractivity contribution in [3.05, 3.63) is 0 Å². The lowest BCUT2D eigenvalue weighted by Crippen LogP contribution is -2.51. The van der Waals surface area contributed by atoms with Crippen molar-refractivity contribution in [2.45, 2.75) is 38.4 Å². The maximum absolute atomic E-state index is 12.8. The van der Waals surface area contributed by atoms with Crippen LogP contribution in [0.4, 0.5) is 18.0 Å². The highest BCUT2D eigenvalue weighted by atomic mass is 19.4. The smallest absolute Gasteiger partial charge is 0.393 e. The number of rotatable bonds is 1. The van der Waals surface area contributed by atoms with Crippen LogP contribution in [0, 0.1) is 11.8 Å². The molecule has 2 fully saturated rings. The van der Waals surface area contributed by atoms with E-state index in [2.05, 4.69) is 0 Å². The molecule has 0 aromatic rings. The number of carbonyl (C=O) groups is 2. The standard InChI is InChI=1S/C13H19F3N2O3/c1-8-10(11(19)20)4-6-18(8)12(21)17-5-2-3-9(7-17)13(14,15)16/h8-10H,2-7H2,1H3,(H,19,20). The molecular weight excluding hydrogens is 289 g/mol. The number of carbonyl (C=O) groups excluding carboxylic acids is 1. The SMILES string of the molecule is CC1C(C(=O)O)CCN1C(=O)N1CCCC(C(F)(F)F)C1. The lowest BCUT2D eigenvalue weighted by molar-refractivity contribution is -0.184. The summed E-state index contributed by atoms with van der Waals surface area (Å²) in [4.78, 5) is 26.0. The highest BCUT2D eigenvalue weighted by molar-refractivity contribution is 5.78. The van der Waals surface area contributed by atoms with Crippen LogP contribution in [-0.2, 0) is 4.79 Å². The third-order valence-electron chi connectivity index (χ3n) is 4.47. The monoisotopic (exact) mass is 308 g/mol. The zero-order valence-corrected chi connectivity index (χ0v) is 11.8. The van der Waals surface area contributed by atoms with E-state index in [1.807, 2.05) is 0 Å². The van der Waals surface area contributed by atoms with Gasteiger partial charge in [-0.3, -0.25) is 4.79 Å². The molecule has 2 rings (SSSR count). The number of halogens is 3. The van der Waals surface area contributed by atoms with Crippen LogP contribution in [0.15, 0.2) is 0 Å². The largest absolute Gasteiger partial charge is 0.481 e. The molecule has 0 saturated carbocycles. The van der Waals surface area contributed by atoms with E-state index in [-0.39, 0.29) is 19.5 Å². The molecule has 5 nitrogen and oxygen atoms in total. The third kappa shape index (κ3) is 3.24. The number of piperidine rings is 1. The summed E-state index contributed by atoms with van der Waals surface area (Å²) in [6, 6.07) is -0.957. The van der Waals surface area contributed by atoms with Crippen LogP contribution in [0.25, 0.3) is 0 Å². The second kappa shape index (κ2) is 5.73. The van der Waals surface area contributed by atoms with Crippen LogP contribution in [0.2, 0.25) is 0 Å². The summed E-state index contributed by atoms with van der Waals surface area (Å²) in [5.74, 6) is -3.09. The Morgan fingerprint density at radius 3 is 2.38 bits per heavy atom. The zero-order valence-electron chi connectivity index (χ0n) is 11.8. The van der Waals surface area contributed by atoms with Crippen LogP contribution in [0.3, 0.4) is 0 Å². The van der Waals surface area contributed by atoms with Crippen molar-refractivity contribution in [3.8, 4) is 0 Å². The number of aliphatic carboxylic acids is 1. The molecule has 0 radical (unpaired) electrons. The van der Waals surface area contributed by atoms with E-state index in [1.165, 1.54) is 9.80 Å². The molecule has 2 aliphatic heterocycles. The van der Waals surface area contributed by atoms with Gasteiger partial charge in [0, 0.05) is 25.7 Å². The first kappa shape index (κ1) is 15.9. The summed E-state index contributed by atoms with van der Waals surface area (Å²) >= 11 is 0. The second-order valence-corrected chi connectivity index (χ2v) is 5.78. The van der Waals surface area contributed by atoms with Crippen molar-refractivity contribution in [1.82, 2.24) is 9.80 Å². The quantitative estimate of drug-likeness (QED) is 0.807. The van der Waals surface area contributed by atoms with Crippen LogP contribution in [0.1, 0.15) is 26.2 Å². The Morgan fingerprint density at radius 1 is 1.19 bits per heavy atom. The average Bonchev–Trinajstić information content (AvgIpc) is 2.79. The van der Waals surface area contributed by atoms with Gasteiger partial charge in [0.2, 0.25) is 0 Å². The van der Waals surface area contributed by atoms with Gasteiger partial charge in [-0.1, -0.05) is 0 Å². The van der Waals surface area contributed by atoms with E-state index >= 15 is 0 Å². The average molecular weight is 308 g/mol. The van der Waals surface area contributed by atoms with Crippen molar-refractivity contribution in [3.63, 3.8) is 0 Å². The maximum Gasteiger partial charge on any atom is 0.393 e. The van der Waals surface area contributed by atoms with Gasteiger partial charge < -0.3 is 14.9 Å². The molecule has 120 valence electrons. The molecule has 0 aromatic carbocycles. The summed E-state index contributed by atoms with van der Waals surface area (Å²) in [7, 11) is 0. The molecule has 2 aliphatic rings. The number of carboxylic acid groups (broad SMARTS) is 1. The number of amides is 2. The van der Waals surface area contributed by atoms with Crippen LogP contribution in [0.5, 0.6) is 0 Å². The number of alkyl halides is 3. The molecule has 3 atom stereocenters. The van der Waals surface area contributed by atoms with Gasteiger partial charge in [-0.2, -0.15) is 13.2 Å². The van der Waals surface area contributed by atoms with Gasteiger partial charge in [-0.25, -0.2) is 4.79 Å². The van der Waals surface area contributed by atoms with E-state index in [9.17, 15) is 22.8 Å². The molecule has 2 heterocycles. The van der Waals surface area contributed by atoms with Crippen molar-refractivity contribution in [2.24, 2.45) is 11.8 Å². The number of nitrogens with zero attached hydrogens (tertiary/aromatic N) is 2. The lowest BCUT2D eigenvalue weighted by Gasteiger charge is -2.37. The molecule has 0 aliphatic carbocycles. The molecule has 0 spiro atoms. The van der Waals surface area contributed by atoms with Crippen molar-refractivity contribution in [1.29, 1.82) is 0 Å². The fourth-order valence-electron chi connectivity index (χ4n) is 3.14. The summed E-state index contributed by atoms with van der Waals surface area (Å²) in [5.41, 5.74) is 0. The Balaban J connectivity index is 2.02. The normalized spacial score (nSPS) is 30.6. The van der Waals surface area contributed by atoms with Gasteiger partial charge in [0.1, 0.15) is 0 Å². The van der Waals surface area contributed by atoms with Gasteiger partial charge in [0.25, 0.3) is 0 Å². The van der Waals surface area contributed by atoms with E-state index in [4.69, 9.17) is 5.11 Å². The maximum atomic E-state index is 12.8. The Kier molecular flexibility index (Phi) is 4.34. The number of urea groups is 1. The fraction of sp³-hybridized carbons (Fsp3) is 0.846. The van der Waals surface area contributed by atoms with Gasteiger partial charge in [0.05, 0.1) is 11.8 Å². The first-order chi connectivity index (χ1) is 9.71. The number of likely N-dealkylation sites (tertiary alicyclic amines) is 2. The van der Waals surface area contributed by atoms with E-state index in [0.29, 0.717) is 19.4 Å². The molecule has 8 heteroatoms. The predicted molar refractivity (Wildman–Crippen MR) is 67.7 cm³/mol. The lowest BCUT2D eigenvalue weighted by atomic mass is 9.98. The molecule has 0 aromatic heterocycles. The van der Waals surface area contributed by atoms with E-state index in [0.717, 1.165) is 0 Å². The highest BCUT2D eigenvalue weighted by Gasteiger charge is 2.45. The topological polar surface area (TPSA) is 60.9 Å². The summed E-state index contributed by atoms with van der Waals surface area (Å²) in [6.07, 6.45) is -3.58. The molecule has 21 heavy (non-hydrogen) atoms. The number of hydrogen-bond donors (Lipinski definition) is 1. The van der Waals surface area contributed by atoms with Gasteiger partial charge >= 0.3 is 18.2 Å². The summed E-state index contributed by atoms with van der Waals surface area (Å²) < 4.78 is 38.3. The first-order valence-electron chi connectivity index (χ1n) is 7.07. The molecule has 3 unspecified atom stereocenters. The molecule has 2 amide bonds.